The summed E-state index contributed by atoms with van der Waals surface area (Å²) in [4.78, 5) is 10.7. The maximum absolute atomic E-state index is 6.52. The van der Waals surface area contributed by atoms with E-state index in [-0.39, 0.29) is 5.54 Å². The van der Waals surface area contributed by atoms with Gasteiger partial charge in [0.1, 0.15) is 11.4 Å². The number of imidazole rings is 1. The Balaban J connectivity index is 1.76. The van der Waals surface area contributed by atoms with Gasteiger partial charge < -0.3 is 9.30 Å². The molecule has 1 aliphatic rings. The van der Waals surface area contributed by atoms with Gasteiger partial charge in [-0.25, -0.2) is 4.98 Å². The van der Waals surface area contributed by atoms with Crippen molar-refractivity contribution in [1.82, 2.24) is 14.6 Å². The van der Waals surface area contributed by atoms with Crippen LogP contribution in [0.2, 0.25) is 0 Å². The van der Waals surface area contributed by atoms with Crippen LogP contribution in [0.15, 0.2) is 67.3 Å². The van der Waals surface area contributed by atoms with E-state index in [1.807, 2.05) is 43.0 Å². The maximum atomic E-state index is 6.52. The molecule has 146 valence electrons. The lowest BCUT2D eigenvalue weighted by Crippen LogP contribution is -2.41. The van der Waals surface area contributed by atoms with Gasteiger partial charge in [-0.05, 0) is 37.1 Å². The average molecular weight is 377 g/mol. The van der Waals surface area contributed by atoms with E-state index >= 15 is 0 Å². The molecule has 0 spiro atoms. The third-order valence-electron chi connectivity index (χ3n) is 5.86. The van der Waals surface area contributed by atoms with Crippen LogP contribution >= 0.6 is 0 Å². The minimum Gasteiger partial charge on any atom is -0.497 e. The Kier molecular flexibility index (Phi) is 4.73. The number of nitrogens with zero attached hydrogens (tertiary/aromatic N) is 3. The molecule has 0 saturated carbocycles. The van der Waals surface area contributed by atoms with Crippen molar-refractivity contribution in [2.75, 3.05) is 14.2 Å². The Labute approximate surface area is 166 Å². The second-order valence-electron chi connectivity index (χ2n) is 7.86. The standard InChI is InChI=1S/C23H27N3O2/c1-18-5-7-20(8-6-18)23(16-26-14-13-24-17-26)15-22(2,28-25(23)3)19-9-11-21(27-4)12-10-19/h5-14,17H,15-16H2,1-4H3. The van der Waals surface area contributed by atoms with Crippen LogP contribution in [-0.2, 0) is 22.5 Å². The average Bonchev–Trinajstić information content (AvgIpc) is 3.29. The molecule has 0 radical (unpaired) electrons. The largest absolute Gasteiger partial charge is 0.497 e. The van der Waals surface area contributed by atoms with Crippen molar-refractivity contribution in [3.05, 3.63) is 83.9 Å². The lowest BCUT2D eigenvalue weighted by molar-refractivity contribution is -0.209. The number of likely N-dealkylation sites (N-methyl/N-ethyl adjacent to an activating group) is 1. The van der Waals surface area contributed by atoms with E-state index in [4.69, 9.17) is 9.57 Å². The van der Waals surface area contributed by atoms with Crippen LogP contribution in [0, 0.1) is 6.92 Å². The molecular weight excluding hydrogens is 350 g/mol. The molecule has 1 aromatic heterocycles. The van der Waals surface area contributed by atoms with E-state index in [2.05, 4.69) is 59.8 Å². The van der Waals surface area contributed by atoms with Crippen LogP contribution in [0.5, 0.6) is 5.75 Å². The van der Waals surface area contributed by atoms with Gasteiger partial charge >= 0.3 is 0 Å². The van der Waals surface area contributed by atoms with Crippen molar-refractivity contribution in [3.63, 3.8) is 0 Å². The molecule has 2 atom stereocenters. The summed E-state index contributed by atoms with van der Waals surface area (Å²) in [5.41, 5.74) is 2.89. The van der Waals surface area contributed by atoms with Gasteiger partial charge in [-0.15, -0.1) is 0 Å². The van der Waals surface area contributed by atoms with Crippen LogP contribution in [-0.4, -0.2) is 28.8 Å². The number of aryl methyl sites for hydroxylation is 1. The number of benzene rings is 2. The van der Waals surface area contributed by atoms with Crippen molar-refractivity contribution in [1.29, 1.82) is 0 Å². The summed E-state index contributed by atoms with van der Waals surface area (Å²) in [5, 5.41) is 2.03. The van der Waals surface area contributed by atoms with Gasteiger partial charge in [-0.1, -0.05) is 42.0 Å². The van der Waals surface area contributed by atoms with Crippen molar-refractivity contribution in [2.24, 2.45) is 0 Å². The van der Waals surface area contributed by atoms with Gasteiger partial charge in [-0.2, -0.15) is 5.06 Å². The van der Waals surface area contributed by atoms with E-state index in [9.17, 15) is 0 Å². The Bertz CT molecular complexity index is 921. The molecule has 28 heavy (non-hydrogen) atoms. The smallest absolute Gasteiger partial charge is 0.118 e. The number of hydroxylamine groups is 2. The number of hydrogen-bond donors (Lipinski definition) is 0. The van der Waals surface area contributed by atoms with Gasteiger partial charge in [0.05, 0.1) is 19.0 Å². The quantitative estimate of drug-likeness (QED) is 0.665. The molecule has 2 heterocycles. The molecule has 1 saturated heterocycles. The fourth-order valence-corrected chi connectivity index (χ4v) is 4.27. The molecule has 2 unspecified atom stereocenters. The predicted octanol–water partition coefficient (Wildman–Crippen LogP) is 4.28. The monoisotopic (exact) mass is 377 g/mol. The second-order valence-corrected chi connectivity index (χ2v) is 7.86. The Hall–Kier alpha value is -2.63. The van der Waals surface area contributed by atoms with Crippen molar-refractivity contribution >= 4 is 0 Å². The Morgan fingerprint density at radius 3 is 2.36 bits per heavy atom. The first kappa shape index (κ1) is 18.7. The van der Waals surface area contributed by atoms with E-state index < -0.39 is 5.60 Å². The predicted molar refractivity (Wildman–Crippen MR) is 109 cm³/mol. The highest BCUT2D eigenvalue weighted by Gasteiger charge is 2.53. The number of methoxy groups -OCH3 is 1. The van der Waals surface area contributed by atoms with Crippen LogP contribution in [0.1, 0.15) is 30.0 Å². The molecule has 5 heteroatoms. The topological polar surface area (TPSA) is 39.5 Å². The molecule has 1 aliphatic heterocycles. The molecule has 2 aromatic carbocycles. The molecule has 0 N–H and O–H groups in total. The molecule has 4 rings (SSSR count). The van der Waals surface area contributed by atoms with E-state index in [0.29, 0.717) is 0 Å². The van der Waals surface area contributed by atoms with Crippen molar-refractivity contribution in [2.45, 2.75) is 38.0 Å². The summed E-state index contributed by atoms with van der Waals surface area (Å²) in [6.45, 7) is 5.04. The molecular formula is C23H27N3O2. The van der Waals surface area contributed by atoms with Crippen LogP contribution in [0.3, 0.4) is 0 Å². The van der Waals surface area contributed by atoms with E-state index in [0.717, 1.165) is 24.3 Å². The summed E-state index contributed by atoms with van der Waals surface area (Å²) in [5.74, 6) is 0.849. The van der Waals surface area contributed by atoms with Crippen LogP contribution in [0.4, 0.5) is 0 Å². The summed E-state index contributed by atoms with van der Waals surface area (Å²) in [6.07, 6.45) is 6.52. The van der Waals surface area contributed by atoms with E-state index in [1.165, 1.54) is 11.1 Å². The minimum atomic E-state index is -0.438. The normalized spacial score (nSPS) is 25.1. The lowest BCUT2D eigenvalue weighted by Gasteiger charge is -2.35. The Morgan fingerprint density at radius 1 is 1.07 bits per heavy atom. The minimum absolute atomic E-state index is 0.303. The summed E-state index contributed by atoms with van der Waals surface area (Å²) < 4.78 is 7.44. The van der Waals surface area contributed by atoms with Gasteiger partial charge in [0.2, 0.25) is 0 Å². The first-order chi connectivity index (χ1) is 13.4. The molecule has 0 bridgehead atoms. The first-order valence-electron chi connectivity index (χ1n) is 9.56. The number of ether oxygens (including phenoxy) is 1. The lowest BCUT2D eigenvalue weighted by atomic mass is 9.78. The highest BCUT2D eigenvalue weighted by molar-refractivity contribution is 5.35. The molecule has 1 fully saturated rings. The summed E-state index contributed by atoms with van der Waals surface area (Å²) in [6, 6.07) is 16.9. The first-order valence-corrected chi connectivity index (χ1v) is 9.56. The SMILES string of the molecule is COc1ccc(C2(C)CC(Cn3ccnc3)(c3ccc(C)cc3)N(C)O2)cc1. The summed E-state index contributed by atoms with van der Waals surface area (Å²) >= 11 is 0. The zero-order valence-electron chi connectivity index (χ0n) is 16.9. The zero-order valence-corrected chi connectivity index (χ0v) is 16.9. The fraction of sp³-hybridized carbons (Fsp3) is 0.348. The van der Waals surface area contributed by atoms with Gasteiger partial charge in [0.15, 0.2) is 0 Å². The second kappa shape index (κ2) is 7.08. The number of hydrogen-bond acceptors (Lipinski definition) is 4. The highest BCUT2D eigenvalue weighted by atomic mass is 16.7. The zero-order chi connectivity index (χ0) is 19.8. The molecule has 0 amide bonds. The molecule has 0 aliphatic carbocycles. The van der Waals surface area contributed by atoms with Crippen molar-refractivity contribution < 1.29 is 9.57 Å². The number of aromatic nitrogens is 2. The van der Waals surface area contributed by atoms with Gasteiger partial charge in [0, 0.05) is 32.4 Å². The molecule has 5 nitrogen and oxygen atoms in total. The van der Waals surface area contributed by atoms with Gasteiger partial charge in [-0.3, -0.25) is 4.84 Å². The highest BCUT2D eigenvalue weighted by Crippen LogP contribution is 2.50. The fourth-order valence-electron chi connectivity index (χ4n) is 4.27. The Morgan fingerprint density at radius 2 is 1.75 bits per heavy atom. The van der Waals surface area contributed by atoms with Crippen molar-refractivity contribution in [3.8, 4) is 5.75 Å². The van der Waals surface area contributed by atoms with Crippen LogP contribution < -0.4 is 4.74 Å². The third kappa shape index (κ3) is 3.21. The van der Waals surface area contributed by atoms with E-state index in [1.54, 1.807) is 7.11 Å². The molecule has 3 aromatic rings. The number of rotatable bonds is 5. The van der Waals surface area contributed by atoms with Gasteiger partial charge in [0.25, 0.3) is 0 Å². The maximum Gasteiger partial charge on any atom is 0.118 e. The summed E-state index contributed by atoms with van der Waals surface area (Å²) in [7, 11) is 3.72. The van der Waals surface area contributed by atoms with Crippen LogP contribution in [0.25, 0.3) is 0 Å². The third-order valence-corrected chi connectivity index (χ3v) is 5.86.